The Morgan fingerprint density at radius 2 is 1.83 bits per heavy atom. The number of esters is 1. The van der Waals surface area contributed by atoms with Gasteiger partial charge in [-0.15, -0.1) is 0 Å². The predicted octanol–water partition coefficient (Wildman–Crippen LogP) is 3.69. The standard InChI is InChI=1S/C23H21N3O4/c1-3-26-19-9-5-4-7-16(19)18-13-15(10-11-20(18)26)25-21(27)14(2)30-23(29)17-8-6-12-24-22(17)28/h4-14H,3H2,1-2H3,(H,24,28)(H,25,27)/t14-/m0/s1. The summed E-state index contributed by atoms with van der Waals surface area (Å²) in [6.45, 7) is 4.39. The first kappa shape index (κ1) is 19.4. The van der Waals surface area contributed by atoms with Crippen molar-refractivity contribution in [3.8, 4) is 0 Å². The average Bonchev–Trinajstić information content (AvgIpc) is 3.07. The minimum atomic E-state index is -1.07. The van der Waals surface area contributed by atoms with Crippen LogP contribution >= 0.6 is 0 Å². The zero-order valence-corrected chi connectivity index (χ0v) is 16.6. The molecule has 30 heavy (non-hydrogen) atoms. The van der Waals surface area contributed by atoms with Crippen molar-refractivity contribution < 1.29 is 14.3 Å². The first-order chi connectivity index (χ1) is 14.5. The van der Waals surface area contributed by atoms with Crippen molar-refractivity contribution in [3.63, 3.8) is 0 Å². The van der Waals surface area contributed by atoms with E-state index in [1.165, 1.54) is 25.3 Å². The number of benzene rings is 2. The van der Waals surface area contributed by atoms with Crippen LogP contribution < -0.4 is 10.9 Å². The summed E-state index contributed by atoms with van der Waals surface area (Å²) in [5.74, 6) is -1.32. The van der Waals surface area contributed by atoms with Crippen LogP contribution in [0.5, 0.6) is 0 Å². The third-order valence-electron chi connectivity index (χ3n) is 5.05. The minimum Gasteiger partial charge on any atom is -0.449 e. The van der Waals surface area contributed by atoms with Crippen molar-refractivity contribution in [1.29, 1.82) is 0 Å². The molecule has 0 aliphatic rings. The summed E-state index contributed by atoms with van der Waals surface area (Å²) in [4.78, 5) is 38.8. The number of carbonyl (C=O) groups excluding carboxylic acids is 2. The number of carbonyl (C=O) groups is 2. The van der Waals surface area contributed by atoms with E-state index in [0.717, 1.165) is 28.4 Å². The number of aromatic amines is 1. The lowest BCUT2D eigenvalue weighted by Crippen LogP contribution is -2.31. The molecule has 1 amide bonds. The molecule has 0 aliphatic carbocycles. The molecule has 0 fully saturated rings. The molecule has 0 saturated heterocycles. The lowest BCUT2D eigenvalue weighted by atomic mass is 10.1. The molecule has 0 bridgehead atoms. The van der Waals surface area contributed by atoms with Gasteiger partial charge in [-0.1, -0.05) is 18.2 Å². The number of H-pyrrole nitrogens is 1. The second kappa shape index (κ2) is 7.87. The number of hydrogen-bond donors (Lipinski definition) is 2. The van der Waals surface area contributed by atoms with Crippen molar-refractivity contribution in [1.82, 2.24) is 9.55 Å². The zero-order valence-electron chi connectivity index (χ0n) is 16.6. The monoisotopic (exact) mass is 403 g/mol. The number of hydrogen-bond acceptors (Lipinski definition) is 4. The molecule has 0 aliphatic heterocycles. The van der Waals surface area contributed by atoms with E-state index in [1.54, 1.807) is 0 Å². The number of anilines is 1. The van der Waals surface area contributed by atoms with E-state index in [4.69, 9.17) is 4.74 Å². The number of aryl methyl sites for hydroxylation is 1. The second-order valence-corrected chi connectivity index (χ2v) is 6.94. The Morgan fingerprint density at radius 3 is 2.60 bits per heavy atom. The van der Waals surface area contributed by atoms with Gasteiger partial charge in [-0.2, -0.15) is 0 Å². The largest absolute Gasteiger partial charge is 0.449 e. The summed E-state index contributed by atoms with van der Waals surface area (Å²) in [5, 5.41) is 4.92. The molecule has 152 valence electrons. The van der Waals surface area contributed by atoms with Crippen LogP contribution in [0.15, 0.2) is 65.6 Å². The Bertz CT molecular complexity index is 1320. The lowest BCUT2D eigenvalue weighted by molar-refractivity contribution is -0.123. The maximum atomic E-state index is 12.5. The summed E-state index contributed by atoms with van der Waals surface area (Å²) >= 11 is 0. The molecular formula is C23H21N3O4. The van der Waals surface area contributed by atoms with E-state index in [1.807, 2.05) is 30.3 Å². The van der Waals surface area contributed by atoms with Crippen molar-refractivity contribution in [3.05, 3.63) is 76.7 Å². The molecule has 2 aromatic carbocycles. The fourth-order valence-electron chi connectivity index (χ4n) is 3.58. The average molecular weight is 403 g/mol. The molecule has 0 spiro atoms. The number of nitrogens with zero attached hydrogens (tertiary/aromatic N) is 1. The molecule has 0 radical (unpaired) electrons. The molecule has 4 rings (SSSR count). The number of fused-ring (bicyclic) bond motifs is 3. The Morgan fingerprint density at radius 1 is 1.07 bits per heavy atom. The van der Waals surface area contributed by atoms with Gasteiger partial charge in [0.05, 0.1) is 0 Å². The van der Waals surface area contributed by atoms with E-state index in [-0.39, 0.29) is 5.56 Å². The van der Waals surface area contributed by atoms with Gasteiger partial charge in [0.15, 0.2) is 6.10 Å². The molecule has 2 heterocycles. The molecule has 2 aromatic heterocycles. The molecule has 7 nitrogen and oxygen atoms in total. The van der Waals surface area contributed by atoms with Gasteiger partial charge in [0.1, 0.15) is 5.56 Å². The molecule has 4 aromatic rings. The molecule has 1 atom stereocenters. The first-order valence-electron chi connectivity index (χ1n) is 9.70. The maximum absolute atomic E-state index is 12.5. The van der Waals surface area contributed by atoms with Gasteiger partial charge in [0.25, 0.3) is 11.5 Å². The molecule has 7 heteroatoms. The first-order valence-corrected chi connectivity index (χ1v) is 9.70. The van der Waals surface area contributed by atoms with Gasteiger partial charge in [0.2, 0.25) is 0 Å². The van der Waals surface area contributed by atoms with E-state index in [2.05, 4.69) is 33.9 Å². The summed E-state index contributed by atoms with van der Waals surface area (Å²) in [5.41, 5.74) is 2.11. The molecule has 0 saturated carbocycles. The number of nitrogens with one attached hydrogen (secondary N) is 2. The number of para-hydroxylation sites is 1. The lowest BCUT2D eigenvalue weighted by Gasteiger charge is -2.13. The van der Waals surface area contributed by atoms with Crippen LogP contribution in [-0.2, 0) is 16.1 Å². The fraction of sp³-hybridized carbons (Fsp3) is 0.174. The highest BCUT2D eigenvalue weighted by Gasteiger charge is 2.21. The Hall–Kier alpha value is -3.87. The Kier molecular flexibility index (Phi) is 5.10. The van der Waals surface area contributed by atoms with Crippen LogP contribution in [0.4, 0.5) is 5.69 Å². The van der Waals surface area contributed by atoms with Gasteiger partial charge < -0.3 is 19.6 Å². The van der Waals surface area contributed by atoms with Crippen LogP contribution in [0.1, 0.15) is 24.2 Å². The highest BCUT2D eigenvalue weighted by atomic mass is 16.5. The van der Waals surface area contributed by atoms with E-state index in [9.17, 15) is 14.4 Å². The van der Waals surface area contributed by atoms with Gasteiger partial charge >= 0.3 is 5.97 Å². The second-order valence-electron chi connectivity index (χ2n) is 6.94. The fourth-order valence-corrected chi connectivity index (χ4v) is 3.58. The highest BCUT2D eigenvalue weighted by molar-refractivity contribution is 6.10. The van der Waals surface area contributed by atoms with Crippen LogP contribution in [0.3, 0.4) is 0 Å². The Balaban J connectivity index is 1.55. The van der Waals surface area contributed by atoms with Gasteiger partial charge in [-0.25, -0.2) is 4.79 Å². The number of amides is 1. The summed E-state index contributed by atoms with van der Waals surface area (Å²) in [6.07, 6.45) is 0.353. The third kappa shape index (κ3) is 3.45. The normalized spacial score (nSPS) is 12.1. The number of pyridine rings is 1. The molecule has 2 N–H and O–H groups in total. The predicted molar refractivity (Wildman–Crippen MR) is 116 cm³/mol. The van der Waals surface area contributed by atoms with Gasteiger partial charge in [-0.05, 0) is 50.2 Å². The van der Waals surface area contributed by atoms with E-state index < -0.39 is 23.5 Å². The summed E-state index contributed by atoms with van der Waals surface area (Å²) in [6, 6.07) is 16.7. The van der Waals surface area contributed by atoms with E-state index >= 15 is 0 Å². The van der Waals surface area contributed by atoms with Gasteiger partial charge in [-0.3, -0.25) is 9.59 Å². The number of ether oxygens (including phenoxy) is 1. The third-order valence-corrected chi connectivity index (χ3v) is 5.05. The van der Waals surface area contributed by atoms with Crippen molar-refractivity contribution in [2.75, 3.05) is 5.32 Å². The van der Waals surface area contributed by atoms with Crippen molar-refractivity contribution in [2.45, 2.75) is 26.5 Å². The number of aromatic nitrogens is 2. The van der Waals surface area contributed by atoms with E-state index in [0.29, 0.717) is 5.69 Å². The zero-order chi connectivity index (χ0) is 21.3. The minimum absolute atomic E-state index is 0.147. The van der Waals surface area contributed by atoms with Crippen LogP contribution in [0.25, 0.3) is 21.8 Å². The van der Waals surface area contributed by atoms with Crippen LogP contribution in [0.2, 0.25) is 0 Å². The van der Waals surface area contributed by atoms with Crippen molar-refractivity contribution >= 4 is 39.4 Å². The molecular weight excluding hydrogens is 382 g/mol. The Labute approximate surface area is 172 Å². The van der Waals surface area contributed by atoms with Crippen LogP contribution in [0, 0.1) is 0 Å². The highest BCUT2D eigenvalue weighted by Crippen LogP contribution is 2.31. The summed E-state index contributed by atoms with van der Waals surface area (Å²) in [7, 11) is 0. The van der Waals surface area contributed by atoms with Crippen molar-refractivity contribution in [2.24, 2.45) is 0 Å². The SMILES string of the molecule is CCn1c2ccccc2c2cc(NC(=O)[C@H](C)OC(=O)c3ccc[nH]c3=O)ccc21. The topological polar surface area (TPSA) is 93.2 Å². The smallest absolute Gasteiger partial charge is 0.344 e. The number of rotatable bonds is 5. The molecule has 0 unspecified atom stereocenters. The van der Waals surface area contributed by atoms with Gasteiger partial charge in [0, 0.05) is 40.2 Å². The summed E-state index contributed by atoms with van der Waals surface area (Å²) < 4.78 is 7.38. The quantitative estimate of drug-likeness (QED) is 0.497. The van der Waals surface area contributed by atoms with Crippen LogP contribution in [-0.4, -0.2) is 27.5 Å². The maximum Gasteiger partial charge on any atom is 0.344 e.